The summed E-state index contributed by atoms with van der Waals surface area (Å²) < 4.78 is 58.8. The summed E-state index contributed by atoms with van der Waals surface area (Å²) in [6.45, 7) is 0.223. The van der Waals surface area contributed by atoms with E-state index in [0.717, 1.165) is 12.1 Å². The van der Waals surface area contributed by atoms with Crippen molar-refractivity contribution in [2.45, 2.75) is 12.9 Å². The van der Waals surface area contributed by atoms with Crippen molar-refractivity contribution in [2.75, 3.05) is 19.7 Å². The Bertz CT molecular complexity index is 896. The number of carbonyl (C=O) groups excluding carboxylic acids is 2. The van der Waals surface area contributed by atoms with E-state index in [2.05, 4.69) is 10.1 Å². The fraction of sp³-hybridized carbons (Fsp3) is 0.300. The molecule has 0 unspecified atom stereocenters. The number of para-hydroxylation sites is 1. The molecule has 1 N–H and O–H groups in total. The summed E-state index contributed by atoms with van der Waals surface area (Å²) in [6, 6.07) is 10.9. The van der Waals surface area contributed by atoms with Gasteiger partial charge in [0.2, 0.25) is 5.91 Å². The number of hydrogen-bond acceptors (Lipinski definition) is 4. The van der Waals surface area contributed by atoms with Crippen LogP contribution in [0.5, 0.6) is 11.5 Å². The number of rotatable bonds is 7. The highest BCUT2D eigenvalue weighted by molar-refractivity contribution is 5.85. The lowest BCUT2D eigenvalue weighted by Crippen LogP contribution is -2.56. The quantitative estimate of drug-likeness (QED) is 0.692. The van der Waals surface area contributed by atoms with Crippen LogP contribution in [-0.2, 0) is 16.1 Å². The van der Waals surface area contributed by atoms with Gasteiger partial charge < -0.3 is 19.7 Å². The van der Waals surface area contributed by atoms with Gasteiger partial charge in [-0.2, -0.15) is 0 Å². The van der Waals surface area contributed by atoms with E-state index in [1.54, 1.807) is 6.07 Å². The van der Waals surface area contributed by atoms with E-state index < -0.39 is 18.1 Å². The molecular formula is C20H18F4N2O4. The van der Waals surface area contributed by atoms with Gasteiger partial charge in [-0.05, 0) is 29.8 Å². The molecule has 2 amide bonds. The van der Waals surface area contributed by atoms with E-state index in [-0.39, 0.29) is 49.6 Å². The fourth-order valence-corrected chi connectivity index (χ4v) is 2.78. The predicted octanol–water partition coefficient (Wildman–Crippen LogP) is 2.88. The SMILES string of the molecule is O=C(NCc1ccc(OC(F)(F)F)cc1)C1CN(C(=O)COc2ccccc2F)C1. The number of likely N-dealkylation sites (tertiary alicyclic amines) is 1. The van der Waals surface area contributed by atoms with Gasteiger partial charge in [-0.3, -0.25) is 9.59 Å². The summed E-state index contributed by atoms with van der Waals surface area (Å²) >= 11 is 0. The number of benzene rings is 2. The Labute approximate surface area is 169 Å². The standard InChI is InChI=1S/C20H18F4N2O4/c21-16-3-1-2-4-17(16)29-12-18(27)26-10-14(11-26)19(28)25-9-13-5-7-15(8-6-13)30-20(22,23)24/h1-8,14H,9-12H2,(H,25,28). The van der Waals surface area contributed by atoms with Crippen LogP contribution in [0.4, 0.5) is 17.6 Å². The van der Waals surface area contributed by atoms with Gasteiger partial charge in [-0.25, -0.2) is 4.39 Å². The highest BCUT2D eigenvalue weighted by Gasteiger charge is 2.35. The third-order valence-corrected chi connectivity index (χ3v) is 4.42. The first-order valence-electron chi connectivity index (χ1n) is 8.99. The van der Waals surface area contributed by atoms with E-state index in [9.17, 15) is 27.2 Å². The van der Waals surface area contributed by atoms with E-state index >= 15 is 0 Å². The van der Waals surface area contributed by atoms with Gasteiger partial charge in [-0.15, -0.1) is 13.2 Å². The molecule has 6 nitrogen and oxygen atoms in total. The van der Waals surface area contributed by atoms with Crippen molar-refractivity contribution in [1.29, 1.82) is 0 Å². The molecule has 3 rings (SSSR count). The second kappa shape index (κ2) is 9.02. The molecule has 160 valence electrons. The minimum absolute atomic E-state index is 0.0210. The van der Waals surface area contributed by atoms with Gasteiger partial charge in [-0.1, -0.05) is 24.3 Å². The molecule has 0 bridgehead atoms. The third kappa shape index (κ3) is 5.85. The van der Waals surface area contributed by atoms with Gasteiger partial charge in [0.15, 0.2) is 18.2 Å². The Hall–Kier alpha value is -3.30. The zero-order chi connectivity index (χ0) is 21.7. The van der Waals surface area contributed by atoms with E-state index in [0.29, 0.717) is 5.56 Å². The van der Waals surface area contributed by atoms with E-state index in [4.69, 9.17) is 4.74 Å². The summed E-state index contributed by atoms with van der Waals surface area (Å²) in [6.07, 6.45) is -4.76. The number of alkyl halides is 3. The Morgan fingerprint density at radius 2 is 1.73 bits per heavy atom. The average molecular weight is 426 g/mol. The normalized spacial score (nSPS) is 14.1. The van der Waals surface area contributed by atoms with Crippen LogP contribution in [0.2, 0.25) is 0 Å². The number of halogens is 4. The van der Waals surface area contributed by atoms with Gasteiger partial charge in [0.05, 0.1) is 5.92 Å². The molecule has 2 aromatic carbocycles. The van der Waals surface area contributed by atoms with Gasteiger partial charge in [0, 0.05) is 19.6 Å². The van der Waals surface area contributed by atoms with Crippen LogP contribution in [-0.4, -0.2) is 42.8 Å². The molecule has 1 fully saturated rings. The molecule has 0 saturated carbocycles. The molecule has 0 spiro atoms. The number of nitrogens with zero attached hydrogens (tertiary/aromatic N) is 1. The molecule has 30 heavy (non-hydrogen) atoms. The molecule has 2 aromatic rings. The number of amides is 2. The third-order valence-electron chi connectivity index (χ3n) is 4.42. The molecule has 1 aliphatic rings. The minimum atomic E-state index is -4.76. The summed E-state index contributed by atoms with van der Waals surface area (Å²) in [7, 11) is 0. The Kier molecular flexibility index (Phi) is 6.43. The first kappa shape index (κ1) is 21.4. The van der Waals surface area contributed by atoms with E-state index in [1.807, 2.05) is 0 Å². The Morgan fingerprint density at radius 3 is 2.37 bits per heavy atom. The first-order valence-corrected chi connectivity index (χ1v) is 8.99. The summed E-state index contributed by atoms with van der Waals surface area (Å²) in [5.41, 5.74) is 0.600. The molecule has 0 aromatic heterocycles. The van der Waals surface area contributed by atoms with Crippen molar-refractivity contribution in [3.05, 3.63) is 59.9 Å². The zero-order valence-corrected chi connectivity index (χ0v) is 15.6. The summed E-state index contributed by atoms with van der Waals surface area (Å²) in [5.74, 6) is -1.96. The summed E-state index contributed by atoms with van der Waals surface area (Å²) in [5, 5.41) is 2.67. The number of ether oxygens (including phenoxy) is 2. The van der Waals surface area contributed by atoms with Crippen LogP contribution >= 0.6 is 0 Å². The van der Waals surface area contributed by atoms with Gasteiger partial charge in [0.25, 0.3) is 5.91 Å². The molecular weight excluding hydrogens is 408 g/mol. The average Bonchev–Trinajstić information content (AvgIpc) is 2.64. The lowest BCUT2D eigenvalue weighted by molar-refractivity contribution is -0.274. The van der Waals surface area contributed by atoms with Crippen molar-refractivity contribution in [3.63, 3.8) is 0 Å². The highest BCUT2D eigenvalue weighted by Crippen LogP contribution is 2.23. The molecule has 1 aliphatic heterocycles. The first-order chi connectivity index (χ1) is 14.2. The lowest BCUT2D eigenvalue weighted by Gasteiger charge is -2.38. The maximum Gasteiger partial charge on any atom is 0.573 e. The van der Waals surface area contributed by atoms with Crippen LogP contribution in [0.15, 0.2) is 48.5 Å². The molecule has 0 aliphatic carbocycles. The van der Waals surface area contributed by atoms with Crippen LogP contribution in [0.25, 0.3) is 0 Å². The van der Waals surface area contributed by atoms with Gasteiger partial charge in [0.1, 0.15) is 5.75 Å². The molecule has 1 saturated heterocycles. The molecule has 10 heteroatoms. The summed E-state index contributed by atoms with van der Waals surface area (Å²) in [4.78, 5) is 25.6. The topological polar surface area (TPSA) is 67.9 Å². The van der Waals surface area contributed by atoms with Crippen LogP contribution in [0.1, 0.15) is 5.56 Å². The minimum Gasteiger partial charge on any atom is -0.481 e. The second-order valence-corrected chi connectivity index (χ2v) is 6.62. The largest absolute Gasteiger partial charge is 0.573 e. The van der Waals surface area contributed by atoms with Crippen molar-refractivity contribution < 1.29 is 36.6 Å². The van der Waals surface area contributed by atoms with Gasteiger partial charge >= 0.3 is 6.36 Å². The van der Waals surface area contributed by atoms with Crippen LogP contribution < -0.4 is 14.8 Å². The second-order valence-electron chi connectivity index (χ2n) is 6.62. The fourth-order valence-electron chi connectivity index (χ4n) is 2.78. The van der Waals surface area contributed by atoms with Crippen LogP contribution in [0, 0.1) is 11.7 Å². The number of nitrogens with one attached hydrogen (secondary N) is 1. The van der Waals surface area contributed by atoms with Crippen molar-refractivity contribution in [1.82, 2.24) is 10.2 Å². The van der Waals surface area contributed by atoms with Crippen LogP contribution in [0.3, 0.4) is 0 Å². The van der Waals surface area contributed by atoms with Crippen molar-refractivity contribution in [2.24, 2.45) is 5.92 Å². The Morgan fingerprint density at radius 1 is 1.07 bits per heavy atom. The zero-order valence-electron chi connectivity index (χ0n) is 15.6. The number of carbonyl (C=O) groups is 2. The maximum atomic E-state index is 13.5. The monoisotopic (exact) mass is 426 g/mol. The predicted molar refractivity (Wildman–Crippen MR) is 96.9 cm³/mol. The van der Waals surface area contributed by atoms with Crippen molar-refractivity contribution >= 4 is 11.8 Å². The van der Waals surface area contributed by atoms with Crippen molar-refractivity contribution in [3.8, 4) is 11.5 Å². The Balaban J connectivity index is 1.38. The lowest BCUT2D eigenvalue weighted by atomic mass is 9.99. The smallest absolute Gasteiger partial charge is 0.481 e. The highest BCUT2D eigenvalue weighted by atomic mass is 19.4. The molecule has 1 heterocycles. The maximum absolute atomic E-state index is 13.5. The molecule has 0 atom stereocenters. The molecule has 0 radical (unpaired) electrons. The number of hydrogen-bond donors (Lipinski definition) is 1. The van der Waals surface area contributed by atoms with E-state index in [1.165, 1.54) is 35.2 Å².